The van der Waals surface area contributed by atoms with E-state index in [1.807, 2.05) is 0 Å². The Bertz CT molecular complexity index is 273. The monoisotopic (exact) mass is 248 g/mol. The van der Waals surface area contributed by atoms with Gasteiger partial charge in [0.15, 0.2) is 0 Å². The van der Waals surface area contributed by atoms with Crippen LogP contribution in [-0.4, -0.2) is 49.0 Å². The number of methoxy groups -OCH3 is 1. The van der Waals surface area contributed by atoms with E-state index in [4.69, 9.17) is 11.6 Å². The molecule has 1 saturated heterocycles. The lowest BCUT2D eigenvalue weighted by atomic mass is 10.2. The minimum atomic E-state index is -0.454. The summed E-state index contributed by atoms with van der Waals surface area (Å²) in [7, 11) is 1.32. The fourth-order valence-corrected chi connectivity index (χ4v) is 1.81. The highest BCUT2D eigenvalue weighted by Gasteiger charge is 2.29. The molecule has 2 atom stereocenters. The Labute approximate surface area is 100 Å². The number of nitrogens with one attached hydrogen (secondary N) is 1. The number of nitrogens with zero attached hydrogens (tertiary/aromatic N) is 1. The molecule has 16 heavy (non-hydrogen) atoms. The van der Waals surface area contributed by atoms with Gasteiger partial charge in [0.05, 0.1) is 13.2 Å². The average Bonchev–Trinajstić information content (AvgIpc) is 2.75. The van der Waals surface area contributed by atoms with E-state index in [9.17, 15) is 9.59 Å². The molecule has 0 spiro atoms. The predicted molar refractivity (Wildman–Crippen MR) is 60.4 cm³/mol. The largest absolute Gasteiger partial charge is 0.453 e. The van der Waals surface area contributed by atoms with Crippen LogP contribution in [-0.2, 0) is 9.53 Å². The first-order valence-corrected chi connectivity index (χ1v) is 5.81. The van der Waals surface area contributed by atoms with Gasteiger partial charge < -0.3 is 15.0 Å². The molecule has 5 nitrogen and oxygen atoms in total. The van der Waals surface area contributed by atoms with Gasteiger partial charge in [-0.25, -0.2) is 4.79 Å². The summed E-state index contributed by atoms with van der Waals surface area (Å²) < 4.78 is 4.50. The molecule has 0 saturated carbocycles. The Morgan fingerprint density at radius 2 is 2.31 bits per heavy atom. The molecule has 2 unspecified atom stereocenters. The molecule has 6 heteroatoms. The summed E-state index contributed by atoms with van der Waals surface area (Å²) >= 11 is 5.63. The molecule has 0 bridgehead atoms. The minimum absolute atomic E-state index is 0.0149. The Morgan fingerprint density at radius 1 is 1.62 bits per heavy atom. The molecule has 0 aromatic carbocycles. The van der Waals surface area contributed by atoms with E-state index < -0.39 is 6.09 Å². The SMILES string of the molecule is COC(=O)NC1CCN(C(=O)C(C)CCl)C1. The third-order valence-electron chi connectivity index (χ3n) is 2.66. The van der Waals surface area contributed by atoms with Gasteiger partial charge >= 0.3 is 6.09 Å². The van der Waals surface area contributed by atoms with Crippen molar-refractivity contribution in [1.82, 2.24) is 10.2 Å². The average molecular weight is 249 g/mol. The molecule has 1 rings (SSSR count). The van der Waals surface area contributed by atoms with E-state index in [2.05, 4.69) is 10.1 Å². The van der Waals surface area contributed by atoms with Gasteiger partial charge in [0.25, 0.3) is 0 Å². The smallest absolute Gasteiger partial charge is 0.407 e. The minimum Gasteiger partial charge on any atom is -0.453 e. The van der Waals surface area contributed by atoms with Crippen molar-refractivity contribution in [2.75, 3.05) is 26.1 Å². The van der Waals surface area contributed by atoms with E-state index >= 15 is 0 Å². The molecular formula is C10H17ClN2O3. The Kier molecular flexibility index (Phi) is 4.86. The van der Waals surface area contributed by atoms with Crippen LogP contribution in [0.2, 0.25) is 0 Å². The highest BCUT2D eigenvalue weighted by atomic mass is 35.5. The van der Waals surface area contributed by atoms with Crippen molar-refractivity contribution in [1.29, 1.82) is 0 Å². The van der Waals surface area contributed by atoms with Crippen LogP contribution in [0.15, 0.2) is 0 Å². The number of likely N-dealkylation sites (tertiary alicyclic amines) is 1. The third-order valence-corrected chi connectivity index (χ3v) is 3.12. The quantitative estimate of drug-likeness (QED) is 0.753. The van der Waals surface area contributed by atoms with Gasteiger partial charge in [-0.1, -0.05) is 6.92 Å². The van der Waals surface area contributed by atoms with Crippen LogP contribution < -0.4 is 5.32 Å². The van der Waals surface area contributed by atoms with Crippen LogP contribution in [0, 0.1) is 5.92 Å². The second-order valence-corrected chi connectivity index (χ2v) is 4.27. The first-order chi connectivity index (χ1) is 7.58. The number of ether oxygens (including phenoxy) is 1. The van der Waals surface area contributed by atoms with Gasteiger partial charge in [-0.15, -0.1) is 11.6 Å². The lowest BCUT2D eigenvalue weighted by molar-refractivity contribution is -0.133. The van der Waals surface area contributed by atoms with E-state index in [-0.39, 0.29) is 17.9 Å². The highest BCUT2D eigenvalue weighted by Crippen LogP contribution is 2.13. The van der Waals surface area contributed by atoms with Crippen molar-refractivity contribution < 1.29 is 14.3 Å². The van der Waals surface area contributed by atoms with Crippen molar-refractivity contribution in [3.63, 3.8) is 0 Å². The fraction of sp³-hybridized carbons (Fsp3) is 0.800. The van der Waals surface area contributed by atoms with E-state index in [0.29, 0.717) is 19.0 Å². The number of carbonyl (C=O) groups is 2. The Hall–Kier alpha value is -0.970. The molecule has 1 aliphatic rings. The lowest BCUT2D eigenvalue weighted by Gasteiger charge is -2.19. The molecule has 2 amide bonds. The maximum atomic E-state index is 11.8. The standard InChI is InChI=1S/C10H17ClN2O3/c1-7(5-11)9(14)13-4-3-8(6-13)12-10(15)16-2/h7-8H,3-6H2,1-2H3,(H,12,15). The molecule has 0 aromatic heterocycles. The lowest BCUT2D eigenvalue weighted by Crippen LogP contribution is -2.40. The van der Waals surface area contributed by atoms with Crippen molar-refractivity contribution >= 4 is 23.6 Å². The molecule has 1 N–H and O–H groups in total. The van der Waals surface area contributed by atoms with Gasteiger partial charge in [0.1, 0.15) is 0 Å². The normalized spacial score (nSPS) is 21.7. The summed E-state index contributed by atoms with van der Waals surface area (Å²) in [4.78, 5) is 24.5. The molecule has 0 aliphatic carbocycles. The number of amides is 2. The number of alkyl carbamates (subject to hydrolysis) is 1. The molecule has 0 aromatic rings. The van der Waals surface area contributed by atoms with Crippen LogP contribution in [0.25, 0.3) is 0 Å². The molecule has 0 radical (unpaired) electrons. The van der Waals surface area contributed by atoms with Crippen LogP contribution in [0.5, 0.6) is 0 Å². The van der Waals surface area contributed by atoms with Crippen molar-refractivity contribution in [3.8, 4) is 0 Å². The van der Waals surface area contributed by atoms with Crippen LogP contribution in [0.1, 0.15) is 13.3 Å². The third kappa shape index (κ3) is 3.27. The molecule has 1 heterocycles. The molecular weight excluding hydrogens is 232 g/mol. The van der Waals surface area contributed by atoms with E-state index in [1.165, 1.54) is 7.11 Å². The summed E-state index contributed by atoms with van der Waals surface area (Å²) in [5, 5.41) is 2.68. The summed E-state index contributed by atoms with van der Waals surface area (Å²) in [5.74, 6) is 0.201. The van der Waals surface area contributed by atoms with Crippen molar-refractivity contribution in [3.05, 3.63) is 0 Å². The summed E-state index contributed by atoms with van der Waals surface area (Å²) in [6, 6.07) is -0.0149. The zero-order valence-electron chi connectivity index (χ0n) is 9.53. The highest BCUT2D eigenvalue weighted by molar-refractivity contribution is 6.19. The Balaban J connectivity index is 2.40. The fourth-order valence-electron chi connectivity index (χ4n) is 1.68. The number of alkyl halides is 1. The van der Waals surface area contributed by atoms with Crippen molar-refractivity contribution in [2.24, 2.45) is 5.92 Å². The van der Waals surface area contributed by atoms with E-state index in [1.54, 1.807) is 11.8 Å². The first-order valence-electron chi connectivity index (χ1n) is 5.27. The molecule has 92 valence electrons. The number of hydrogen-bond donors (Lipinski definition) is 1. The van der Waals surface area contributed by atoms with Crippen molar-refractivity contribution in [2.45, 2.75) is 19.4 Å². The van der Waals surface area contributed by atoms with Gasteiger partial charge in [0, 0.05) is 24.9 Å². The van der Waals surface area contributed by atoms with E-state index in [0.717, 1.165) is 6.42 Å². The number of rotatable bonds is 3. The molecule has 1 fully saturated rings. The van der Waals surface area contributed by atoms with Gasteiger partial charge in [-0.2, -0.15) is 0 Å². The maximum Gasteiger partial charge on any atom is 0.407 e. The first kappa shape index (κ1) is 13.1. The topological polar surface area (TPSA) is 58.6 Å². The predicted octanol–water partition coefficient (Wildman–Crippen LogP) is 0.818. The maximum absolute atomic E-state index is 11.8. The summed E-state index contributed by atoms with van der Waals surface area (Å²) in [5.41, 5.74) is 0. The summed E-state index contributed by atoms with van der Waals surface area (Å²) in [6.45, 7) is 3.00. The Morgan fingerprint density at radius 3 is 2.88 bits per heavy atom. The van der Waals surface area contributed by atoms with Crippen LogP contribution in [0.3, 0.4) is 0 Å². The second kappa shape index (κ2) is 5.94. The zero-order chi connectivity index (χ0) is 12.1. The molecule has 1 aliphatic heterocycles. The van der Waals surface area contributed by atoms with Gasteiger partial charge in [0.2, 0.25) is 5.91 Å². The zero-order valence-corrected chi connectivity index (χ0v) is 10.3. The van der Waals surface area contributed by atoms with Crippen LogP contribution in [0.4, 0.5) is 4.79 Å². The van der Waals surface area contributed by atoms with Gasteiger partial charge in [-0.05, 0) is 6.42 Å². The summed E-state index contributed by atoms with van der Waals surface area (Å²) in [6.07, 6.45) is 0.306. The number of carbonyl (C=O) groups excluding carboxylic acids is 2. The van der Waals surface area contributed by atoms with Gasteiger partial charge in [-0.3, -0.25) is 4.79 Å². The second-order valence-electron chi connectivity index (χ2n) is 3.96. The van der Waals surface area contributed by atoms with Crippen LogP contribution >= 0.6 is 11.6 Å². The number of hydrogen-bond acceptors (Lipinski definition) is 3. The number of halogens is 1.